The molecule has 164 valence electrons. The highest BCUT2D eigenvalue weighted by atomic mass is 28.4. The van der Waals surface area contributed by atoms with Crippen molar-refractivity contribution in [2.24, 2.45) is 0 Å². The van der Waals surface area contributed by atoms with Crippen molar-refractivity contribution in [3.8, 4) is 0 Å². The zero-order chi connectivity index (χ0) is 22.2. The fourth-order valence-corrected chi connectivity index (χ4v) is 6.62. The predicted molar refractivity (Wildman–Crippen MR) is 126 cm³/mol. The first kappa shape index (κ1) is 26.1. The molecular weight excluding hydrogens is 383 g/mol. The normalized spacial score (nSPS) is 20.9. The largest absolute Gasteiger partial charge is 0.486 e. The minimum Gasteiger partial charge on any atom is -0.417 e. The van der Waals surface area contributed by atoms with Crippen LogP contribution in [0.2, 0.25) is 31.2 Å². The van der Waals surface area contributed by atoms with E-state index < -0.39 is 16.6 Å². The fourth-order valence-electron chi connectivity index (χ4n) is 3.00. The van der Waals surface area contributed by atoms with Crippen LogP contribution in [0.25, 0.3) is 0 Å². The van der Waals surface area contributed by atoms with Crippen molar-refractivity contribution in [2.75, 3.05) is 6.61 Å². The Balaban J connectivity index is 3.02. The summed E-state index contributed by atoms with van der Waals surface area (Å²) >= 11 is 0. The lowest BCUT2D eigenvalue weighted by Gasteiger charge is -2.37. The van der Waals surface area contributed by atoms with Gasteiger partial charge in [0.05, 0.1) is 11.2 Å². The Morgan fingerprint density at radius 3 is 1.86 bits per heavy atom. The predicted octanol–water partition coefficient (Wildman–Crippen LogP) is 6.13. The van der Waals surface area contributed by atoms with Gasteiger partial charge in [-0.05, 0) is 79.2 Å². The first-order valence-electron chi connectivity index (χ1n) is 10.7. The van der Waals surface area contributed by atoms with E-state index in [4.69, 9.17) is 18.2 Å². The van der Waals surface area contributed by atoms with E-state index in [1.807, 2.05) is 0 Å². The summed E-state index contributed by atoms with van der Waals surface area (Å²) in [6, 6.07) is 0. The van der Waals surface area contributed by atoms with Gasteiger partial charge < -0.3 is 18.2 Å². The van der Waals surface area contributed by atoms with E-state index in [0.29, 0.717) is 0 Å². The van der Waals surface area contributed by atoms with Crippen LogP contribution in [0, 0.1) is 0 Å². The van der Waals surface area contributed by atoms with Crippen molar-refractivity contribution < 1.29 is 18.2 Å². The maximum atomic E-state index is 6.45. The summed E-state index contributed by atoms with van der Waals surface area (Å²) in [5.41, 5.74) is -0.664. The third-order valence-electron chi connectivity index (χ3n) is 6.55. The summed E-state index contributed by atoms with van der Waals surface area (Å²) in [5, 5.41) is 1.52. The van der Waals surface area contributed by atoms with Gasteiger partial charge >= 0.3 is 7.12 Å². The minimum atomic E-state index is -2.06. The Kier molecular flexibility index (Phi) is 8.09. The van der Waals surface area contributed by atoms with E-state index in [1.54, 1.807) is 0 Å². The van der Waals surface area contributed by atoms with E-state index in [2.05, 4.69) is 94.5 Å². The van der Waals surface area contributed by atoms with Crippen LogP contribution in [0.15, 0.2) is 11.2 Å². The van der Waals surface area contributed by atoms with Crippen LogP contribution in [0.1, 0.15) is 68.7 Å². The minimum absolute atomic E-state index is 0.199. The average Bonchev–Trinajstić information content (AvgIpc) is 2.62. The van der Waals surface area contributed by atoms with Crippen molar-refractivity contribution in [2.45, 2.75) is 117 Å². The smallest absolute Gasteiger partial charge is 0.417 e. The molecule has 0 radical (unpaired) electrons. The second-order valence-electron chi connectivity index (χ2n) is 11.4. The molecule has 0 aliphatic carbocycles. The molecule has 0 amide bonds. The van der Waals surface area contributed by atoms with Crippen molar-refractivity contribution >= 4 is 23.8 Å². The van der Waals surface area contributed by atoms with E-state index in [9.17, 15) is 0 Å². The first-order valence-corrected chi connectivity index (χ1v) is 16.5. The molecule has 1 aliphatic heterocycles. The van der Waals surface area contributed by atoms with E-state index in [-0.39, 0.29) is 29.5 Å². The number of hydrogen-bond donors (Lipinski definition) is 0. The Bertz CT molecular complexity index is 547. The zero-order valence-electron chi connectivity index (χ0n) is 20.8. The molecule has 7 heteroatoms. The summed E-state index contributed by atoms with van der Waals surface area (Å²) in [6.07, 6.45) is 1.06. The van der Waals surface area contributed by atoms with Crippen molar-refractivity contribution in [3.05, 3.63) is 11.2 Å². The van der Waals surface area contributed by atoms with Gasteiger partial charge in [0.15, 0.2) is 8.32 Å². The van der Waals surface area contributed by atoms with Crippen LogP contribution >= 0.6 is 0 Å². The molecule has 4 nitrogen and oxygen atoms in total. The van der Waals surface area contributed by atoms with Gasteiger partial charge in [0.25, 0.3) is 0 Å². The van der Waals surface area contributed by atoms with Crippen LogP contribution in [0.3, 0.4) is 0 Å². The summed E-state index contributed by atoms with van der Waals surface area (Å²) in [7, 11) is -4.17. The third-order valence-corrected chi connectivity index (χ3v) is 14.1. The molecule has 1 heterocycles. The Morgan fingerprint density at radius 1 is 1.00 bits per heavy atom. The molecule has 1 fully saturated rings. The highest BCUT2D eigenvalue weighted by Crippen LogP contribution is 2.39. The molecule has 0 unspecified atom stereocenters. The molecular formula is C21H45BO4Si2. The summed E-state index contributed by atoms with van der Waals surface area (Å²) in [5.74, 6) is 2.17. The summed E-state index contributed by atoms with van der Waals surface area (Å²) < 4.78 is 25.3. The average molecular weight is 429 g/mol. The molecule has 1 rings (SSSR count). The maximum absolute atomic E-state index is 6.45. The molecule has 0 aromatic rings. The first-order chi connectivity index (χ1) is 12.3. The van der Waals surface area contributed by atoms with Gasteiger partial charge in [0, 0.05) is 12.7 Å². The highest BCUT2D eigenvalue weighted by Gasteiger charge is 2.50. The highest BCUT2D eigenvalue weighted by molar-refractivity contribution is 6.79. The Morgan fingerprint density at radius 2 is 1.46 bits per heavy atom. The molecule has 0 aromatic heterocycles. The fraction of sp³-hybridized carbons (Fsp3) is 0.905. The second kappa shape index (κ2) is 8.67. The van der Waals surface area contributed by atoms with Gasteiger partial charge in [0.2, 0.25) is 8.32 Å². The molecule has 0 spiro atoms. The molecule has 1 aliphatic rings. The van der Waals surface area contributed by atoms with Crippen LogP contribution < -0.4 is 0 Å². The lowest BCUT2D eigenvalue weighted by molar-refractivity contribution is 0.00578. The van der Waals surface area contributed by atoms with E-state index in [1.165, 1.54) is 5.20 Å². The van der Waals surface area contributed by atoms with Crippen LogP contribution in [0.4, 0.5) is 0 Å². The van der Waals surface area contributed by atoms with Gasteiger partial charge in [0.1, 0.15) is 0 Å². The van der Waals surface area contributed by atoms with Crippen molar-refractivity contribution in [1.29, 1.82) is 0 Å². The second-order valence-corrected chi connectivity index (χ2v) is 20.1. The van der Waals surface area contributed by atoms with Gasteiger partial charge in [-0.15, -0.1) is 0 Å². The number of hydrogen-bond acceptors (Lipinski definition) is 4. The van der Waals surface area contributed by atoms with E-state index in [0.717, 1.165) is 13.0 Å². The molecule has 0 atom stereocenters. The van der Waals surface area contributed by atoms with Crippen molar-refractivity contribution in [1.82, 2.24) is 0 Å². The Labute approximate surface area is 177 Å². The summed E-state index contributed by atoms with van der Waals surface area (Å²) in [6.45, 7) is 29.3. The lowest BCUT2D eigenvalue weighted by atomic mass is 9.89. The van der Waals surface area contributed by atoms with Gasteiger partial charge in [-0.1, -0.05) is 31.9 Å². The Hall–Kier alpha value is 0.0787. The van der Waals surface area contributed by atoms with Crippen molar-refractivity contribution in [3.63, 3.8) is 0 Å². The lowest BCUT2D eigenvalue weighted by Crippen LogP contribution is -2.42. The maximum Gasteiger partial charge on any atom is 0.486 e. The molecule has 0 saturated carbocycles. The SMILES string of the molecule is CC(C)O[Si](C)(C)/C(=C/B1OC(C)(C)C(C)(C)O1)CCO[Si](C)(C)C(C)(C)C. The van der Waals surface area contributed by atoms with Crippen LogP contribution in [-0.4, -0.2) is 47.7 Å². The topological polar surface area (TPSA) is 36.9 Å². The number of rotatable bonds is 8. The van der Waals surface area contributed by atoms with E-state index >= 15 is 0 Å². The monoisotopic (exact) mass is 428 g/mol. The molecule has 1 saturated heterocycles. The van der Waals surface area contributed by atoms with Crippen LogP contribution in [-0.2, 0) is 18.2 Å². The standard InChI is InChI=1S/C21H45BO4Si2/c1-17(2)24-27(10,11)18(14-15-23-28(12,13)19(3,4)5)16-22-25-20(6,7)21(8,9)26-22/h16-17H,14-15H2,1-13H3/b18-16+. The quantitative estimate of drug-likeness (QED) is 0.436. The molecule has 0 bridgehead atoms. The van der Waals surface area contributed by atoms with Gasteiger partial charge in [-0.25, -0.2) is 0 Å². The molecule has 0 N–H and O–H groups in total. The molecule has 0 aromatic carbocycles. The zero-order valence-corrected chi connectivity index (χ0v) is 22.8. The molecule has 28 heavy (non-hydrogen) atoms. The third kappa shape index (κ3) is 6.54. The van der Waals surface area contributed by atoms with Crippen LogP contribution in [0.5, 0.6) is 0 Å². The van der Waals surface area contributed by atoms with Gasteiger partial charge in [-0.2, -0.15) is 0 Å². The summed E-state index contributed by atoms with van der Waals surface area (Å²) in [4.78, 5) is 0. The van der Waals surface area contributed by atoms with Gasteiger partial charge in [-0.3, -0.25) is 0 Å².